The summed E-state index contributed by atoms with van der Waals surface area (Å²) in [4.78, 5) is 8.91. The number of benzene rings is 2. The Balaban J connectivity index is 1.90. The second-order valence-electron chi connectivity index (χ2n) is 5.76. The molecule has 0 saturated heterocycles. The number of nitrogens with zero attached hydrogens (tertiary/aromatic N) is 2. The molecule has 7 heteroatoms. The first-order valence-corrected chi connectivity index (χ1v) is 8.37. The van der Waals surface area contributed by atoms with Crippen LogP contribution in [0.25, 0.3) is 0 Å². The van der Waals surface area contributed by atoms with Crippen LogP contribution in [-0.2, 0) is 0 Å². The van der Waals surface area contributed by atoms with Gasteiger partial charge in [0.1, 0.15) is 5.82 Å². The van der Waals surface area contributed by atoms with Crippen LogP contribution in [0.3, 0.4) is 0 Å². The number of rotatable bonds is 7. The lowest BCUT2D eigenvalue weighted by atomic mass is 10.2. The molecule has 0 aliphatic rings. The van der Waals surface area contributed by atoms with Crippen molar-refractivity contribution < 1.29 is 14.2 Å². The molecule has 0 aliphatic carbocycles. The summed E-state index contributed by atoms with van der Waals surface area (Å²) in [6.45, 7) is 1.94. The van der Waals surface area contributed by atoms with E-state index in [0.29, 0.717) is 29.0 Å². The van der Waals surface area contributed by atoms with Gasteiger partial charge in [0.2, 0.25) is 11.7 Å². The molecule has 2 aromatic carbocycles. The number of anilines is 4. The third-order valence-corrected chi connectivity index (χ3v) is 3.93. The van der Waals surface area contributed by atoms with Gasteiger partial charge in [0, 0.05) is 35.3 Å². The van der Waals surface area contributed by atoms with Crippen molar-refractivity contribution in [1.29, 1.82) is 0 Å². The van der Waals surface area contributed by atoms with Crippen molar-refractivity contribution in [2.75, 3.05) is 32.0 Å². The highest BCUT2D eigenvalue weighted by Crippen LogP contribution is 2.40. The fourth-order valence-corrected chi connectivity index (χ4v) is 2.57. The number of aryl methyl sites for hydroxylation is 1. The summed E-state index contributed by atoms with van der Waals surface area (Å²) in [5, 5.41) is 6.48. The van der Waals surface area contributed by atoms with Crippen molar-refractivity contribution >= 4 is 23.1 Å². The Morgan fingerprint density at radius 3 is 2.07 bits per heavy atom. The van der Waals surface area contributed by atoms with E-state index >= 15 is 0 Å². The average Bonchev–Trinajstić information content (AvgIpc) is 2.70. The third-order valence-electron chi connectivity index (χ3n) is 3.93. The van der Waals surface area contributed by atoms with Crippen LogP contribution in [-0.4, -0.2) is 31.3 Å². The van der Waals surface area contributed by atoms with Crippen LogP contribution in [0.1, 0.15) is 5.56 Å². The molecule has 0 atom stereocenters. The summed E-state index contributed by atoms with van der Waals surface area (Å²) in [7, 11) is 4.74. The molecule has 0 amide bonds. The Kier molecular flexibility index (Phi) is 5.61. The minimum atomic E-state index is 0.502. The van der Waals surface area contributed by atoms with Crippen LogP contribution in [0.4, 0.5) is 23.1 Å². The predicted octanol–water partition coefficient (Wildman–Crippen LogP) is 4.30. The molecule has 0 fully saturated rings. The van der Waals surface area contributed by atoms with Crippen molar-refractivity contribution in [1.82, 2.24) is 9.97 Å². The molecule has 0 unspecified atom stereocenters. The number of ether oxygens (including phenoxy) is 3. The van der Waals surface area contributed by atoms with Crippen molar-refractivity contribution in [2.24, 2.45) is 0 Å². The fraction of sp³-hybridized carbons (Fsp3) is 0.200. The van der Waals surface area contributed by atoms with Crippen LogP contribution in [0.5, 0.6) is 17.2 Å². The molecule has 1 aromatic heterocycles. The first kappa shape index (κ1) is 18.3. The normalized spacial score (nSPS) is 10.2. The smallest absolute Gasteiger partial charge is 0.229 e. The standard InChI is InChI=1S/C20H22N4O3/c1-13-12-21-20(23-14-8-6-5-7-9-14)24-19(13)22-15-10-16(25-2)18(27-4)17(11-15)26-3/h5-12H,1-4H3,(H2,21,22,23,24). The zero-order chi connectivity index (χ0) is 19.2. The van der Waals surface area contributed by atoms with E-state index in [1.807, 2.05) is 49.4 Å². The van der Waals surface area contributed by atoms with Crippen LogP contribution in [0.15, 0.2) is 48.7 Å². The molecule has 0 spiro atoms. The number of nitrogens with one attached hydrogen (secondary N) is 2. The van der Waals surface area contributed by atoms with E-state index in [1.165, 1.54) is 0 Å². The number of hydrogen-bond acceptors (Lipinski definition) is 7. The minimum Gasteiger partial charge on any atom is -0.493 e. The summed E-state index contributed by atoms with van der Waals surface area (Å²) in [5.74, 6) is 2.85. The van der Waals surface area contributed by atoms with Gasteiger partial charge in [-0.05, 0) is 19.1 Å². The summed E-state index contributed by atoms with van der Waals surface area (Å²) in [6, 6.07) is 13.4. The van der Waals surface area contributed by atoms with Crippen LogP contribution < -0.4 is 24.8 Å². The molecule has 27 heavy (non-hydrogen) atoms. The monoisotopic (exact) mass is 366 g/mol. The number of hydrogen-bond donors (Lipinski definition) is 2. The summed E-state index contributed by atoms with van der Waals surface area (Å²) < 4.78 is 16.2. The first-order valence-electron chi connectivity index (χ1n) is 8.37. The van der Waals surface area contributed by atoms with Gasteiger partial charge in [0.05, 0.1) is 21.3 Å². The molecule has 0 saturated carbocycles. The molecule has 3 aromatic rings. The van der Waals surface area contributed by atoms with Gasteiger partial charge in [-0.25, -0.2) is 4.98 Å². The number of para-hydroxylation sites is 1. The summed E-state index contributed by atoms with van der Waals surface area (Å²) in [6.07, 6.45) is 1.76. The molecular formula is C20H22N4O3. The Labute approximate surface area is 158 Å². The average molecular weight is 366 g/mol. The van der Waals surface area contributed by atoms with E-state index < -0.39 is 0 Å². The highest BCUT2D eigenvalue weighted by atomic mass is 16.5. The molecule has 0 radical (unpaired) electrons. The van der Waals surface area contributed by atoms with E-state index in [9.17, 15) is 0 Å². The van der Waals surface area contributed by atoms with Gasteiger partial charge in [0.25, 0.3) is 0 Å². The molecule has 0 aliphatic heterocycles. The van der Waals surface area contributed by atoms with Crippen LogP contribution >= 0.6 is 0 Å². The highest BCUT2D eigenvalue weighted by Gasteiger charge is 2.14. The SMILES string of the molecule is COc1cc(Nc2nc(Nc3ccccc3)ncc2C)cc(OC)c1OC. The van der Waals surface area contributed by atoms with Crippen LogP contribution in [0, 0.1) is 6.92 Å². The number of methoxy groups -OCH3 is 3. The van der Waals surface area contributed by atoms with E-state index in [4.69, 9.17) is 14.2 Å². The topological polar surface area (TPSA) is 77.5 Å². The Hall–Kier alpha value is -3.48. The van der Waals surface area contributed by atoms with Gasteiger partial charge in [-0.2, -0.15) is 4.98 Å². The largest absolute Gasteiger partial charge is 0.493 e. The lowest BCUT2D eigenvalue weighted by molar-refractivity contribution is 0.324. The lowest BCUT2D eigenvalue weighted by Gasteiger charge is -2.16. The van der Waals surface area contributed by atoms with Crippen LogP contribution in [0.2, 0.25) is 0 Å². The zero-order valence-corrected chi connectivity index (χ0v) is 15.7. The van der Waals surface area contributed by atoms with Crippen molar-refractivity contribution in [3.05, 3.63) is 54.2 Å². The van der Waals surface area contributed by atoms with E-state index in [1.54, 1.807) is 27.5 Å². The molecule has 2 N–H and O–H groups in total. The molecule has 0 bridgehead atoms. The first-order chi connectivity index (χ1) is 13.1. The Morgan fingerprint density at radius 1 is 0.815 bits per heavy atom. The minimum absolute atomic E-state index is 0.502. The second-order valence-corrected chi connectivity index (χ2v) is 5.76. The predicted molar refractivity (Wildman–Crippen MR) is 106 cm³/mol. The molecule has 7 nitrogen and oxygen atoms in total. The van der Waals surface area contributed by atoms with Gasteiger partial charge in [-0.3, -0.25) is 0 Å². The van der Waals surface area contributed by atoms with Crippen molar-refractivity contribution in [3.8, 4) is 17.2 Å². The lowest BCUT2D eigenvalue weighted by Crippen LogP contribution is -2.03. The molecule has 1 heterocycles. The van der Waals surface area contributed by atoms with Crippen molar-refractivity contribution in [3.63, 3.8) is 0 Å². The molecule has 140 valence electrons. The van der Waals surface area contributed by atoms with E-state index in [2.05, 4.69) is 20.6 Å². The van der Waals surface area contributed by atoms with Crippen molar-refractivity contribution in [2.45, 2.75) is 6.92 Å². The van der Waals surface area contributed by atoms with Gasteiger partial charge < -0.3 is 24.8 Å². The van der Waals surface area contributed by atoms with Gasteiger partial charge in [-0.15, -0.1) is 0 Å². The van der Waals surface area contributed by atoms with Gasteiger partial charge in [-0.1, -0.05) is 18.2 Å². The molecule has 3 rings (SSSR count). The summed E-state index contributed by atoms with van der Waals surface area (Å²) in [5.41, 5.74) is 2.58. The maximum Gasteiger partial charge on any atom is 0.229 e. The quantitative estimate of drug-likeness (QED) is 0.645. The summed E-state index contributed by atoms with van der Waals surface area (Å²) >= 11 is 0. The third kappa shape index (κ3) is 4.20. The van der Waals surface area contributed by atoms with Gasteiger partial charge >= 0.3 is 0 Å². The second kappa shape index (κ2) is 8.27. The Bertz CT molecular complexity index is 891. The molecular weight excluding hydrogens is 344 g/mol. The van der Waals surface area contributed by atoms with Gasteiger partial charge in [0.15, 0.2) is 11.5 Å². The van der Waals surface area contributed by atoms with E-state index in [0.717, 1.165) is 16.9 Å². The Morgan fingerprint density at radius 2 is 1.48 bits per heavy atom. The number of aromatic nitrogens is 2. The fourth-order valence-electron chi connectivity index (χ4n) is 2.57. The zero-order valence-electron chi connectivity index (χ0n) is 15.7. The maximum atomic E-state index is 5.40. The van der Waals surface area contributed by atoms with E-state index in [-0.39, 0.29) is 0 Å². The maximum absolute atomic E-state index is 5.40. The highest BCUT2D eigenvalue weighted by molar-refractivity contribution is 5.68.